The lowest BCUT2D eigenvalue weighted by molar-refractivity contribution is -0.274. The fourth-order valence-corrected chi connectivity index (χ4v) is 1.78. The second-order valence-corrected chi connectivity index (χ2v) is 4.57. The van der Waals surface area contributed by atoms with Gasteiger partial charge in [-0.2, -0.15) is 0 Å². The van der Waals surface area contributed by atoms with Crippen molar-refractivity contribution >= 4 is 17.3 Å². The van der Waals surface area contributed by atoms with Crippen LogP contribution in [0.2, 0.25) is 0 Å². The van der Waals surface area contributed by atoms with Crippen molar-refractivity contribution in [2.24, 2.45) is 0 Å². The highest BCUT2D eigenvalue weighted by atomic mass is 19.4. The molecule has 0 aliphatic carbocycles. The second kappa shape index (κ2) is 7.16. The van der Waals surface area contributed by atoms with Crippen LogP contribution in [0.1, 0.15) is 0 Å². The summed E-state index contributed by atoms with van der Waals surface area (Å²) in [6.45, 7) is -0.432. The molecule has 2 rings (SSSR count). The molecule has 4 nitrogen and oxygen atoms in total. The number of carbonyl (C=O) groups excluding carboxylic acids is 1. The van der Waals surface area contributed by atoms with Crippen LogP contribution in [0, 0.1) is 11.6 Å². The van der Waals surface area contributed by atoms with E-state index in [0.717, 1.165) is 24.3 Å². The molecule has 0 saturated heterocycles. The van der Waals surface area contributed by atoms with E-state index in [1.54, 1.807) is 0 Å². The van der Waals surface area contributed by atoms with E-state index < -0.39 is 41.9 Å². The Balaban J connectivity index is 1.91. The Bertz CT molecular complexity index is 697. The third-order valence-corrected chi connectivity index (χ3v) is 2.76. The zero-order chi connectivity index (χ0) is 17.7. The summed E-state index contributed by atoms with van der Waals surface area (Å²) in [5.41, 5.74) is -0.244. The average molecular weight is 346 g/mol. The molecule has 9 heteroatoms. The molecule has 0 bridgehead atoms. The van der Waals surface area contributed by atoms with Crippen LogP contribution >= 0.6 is 0 Å². The van der Waals surface area contributed by atoms with Gasteiger partial charge in [0.2, 0.25) is 5.91 Å². The molecular formula is C15H11F5N2O2. The molecule has 0 unspecified atom stereocenters. The summed E-state index contributed by atoms with van der Waals surface area (Å²) in [7, 11) is 0. The lowest BCUT2D eigenvalue weighted by atomic mass is 10.3. The van der Waals surface area contributed by atoms with Crippen molar-refractivity contribution in [3.05, 3.63) is 54.1 Å². The van der Waals surface area contributed by atoms with Crippen molar-refractivity contribution in [3.63, 3.8) is 0 Å². The first kappa shape index (κ1) is 17.5. The number of alkyl halides is 3. The molecule has 0 spiro atoms. The second-order valence-electron chi connectivity index (χ2n) is 4.57. The number of nitrogens with one attached hydrogen (secondary N) is 2. The number of amides is 1. The smallest absolute Gasteiger partial charge is 0.406 e. The molecule has 2 N–H and O–H groups in total. The Hall–Kier alpha value is -2.84. The highest BCUT2D eigenvalue weighted by Crippen LogP contribution is 2.24. The molecule has 0 radical (unpaired) electrons. The van der Waals surface area contributed by atoms with Crippen LogP contribution in [0.5, 0.6) is 5.75 Å². The largest absolute Gasteiger partial charge is 0.573 e. The molecule has 0 aliphatic rings. The van der Waals surface area contributed by atoms with Crippen LogP contribution in [0.3, 0.4) is 0 Å². The van der Waals surface area contributed by atoms with Gasteiger partial charge in [-0.1, -0.05) is 6.07 Å². The molecule has 0 heterocycles. The summed E-state index contributed by atoms with van der Waals surface area (Å²) in [5, 5.41) is 4.67. The zero-order valence-corrected chi connectivity index (χ0v) is 12.0. The monoisotopic (exact) mass is 346 g/mol. The van der Waals surface area contributed by atoms with E-state index in [1.807, 2.05) is 0 Å². The van der Waals surface area contributed by atoms with Gasteiger partial charge >= 0.3 is 6.36 Å². The standard InChI is InChI=1S/C15H11F5N2O2/c16-11-2-1-3-12(17)14(11)21-8-13(23)22-9-4-6-10(7-5-9)24-15(18,19)20/h1-7,21H,8H2,(H,22,23). The fraction of sp³-hybridized carbons (Fsp3) is 0.133. The van der Waals surface area contributed by atoms with Gasteiger partial charge in [-0.15, -0.1) is 13.2 Å². The van der Waals surface area contributed by atoms with Gasteiger partial charge in [0.1, 0.15) is 23.1 Å². The number of benzene rings is 2. The van der Waals surface area contributed by atoms with Gasteiger partial charge in [0, 0.05) is 5.69 Å². The van der Waals surface area contributed by atoms with Crippen LogP contribution in [0.25, 0.3) is 0 Å². The van der Waals surface area contributed by atoms with Crippen molar-refractivity contribution < 1.29 is 31.5 Å². The molecule has 0 saturated carbocycles. The zero-order valence-electron chi connectivity index (χ0n) is 12.0. The molecule has 24 heavy (non-hydrogen) atoms. The van der Waals surface area contributed by atoms with Gasteiger partial charge in [-0.25, -0.2) is 8.78 Å². The minimum Gasteiger partial charge on any atom is -0.406 e. The van der Waals surface area contributed by atoms with Crippen molar-refractivity contribution in [2.75, 3.05) is 17.2 Å². The van der Waals surface area contributed by atoms with Crippen LogP contribution in [-0.2, 0) is 4.79 Å². The first-order valence-electron chi connectivity index (χ1n) is 6.58. The van der Waals surface area contributed by atoms with E-state index in [1.165, 1.54) is 18.2 Å². The van der Waals surface area contributed by atoms with Gasteiger partial charge in [-0.3, -0.25) is 4.79 Å². The third kappa shape index (κ3) is 5.11. The van der Waals surface area contributed by atoms with Gasteiger partial charge < -0.3 is 15.4 Å². The quantitative estimate of drug-likeness (QED) is 0.807. The summed E-state index contributed by atoms with van der Waals surface area (Å²) >= 11 is 0. The number of hydrogen-bond donors (Lipinski definition) is 2. The molecular weight excluding hydrogens is 335 g/mol. The van der Waals surface area contributed by atoms with Crippen molar-refractivity contribution in [1.82, 2.24) is 0 Å². The van der Waals surface area contributed by atoms with Crippen molar-refractivity contribution in [1.29, 1.82) is 0 Å². The van der Waals surface area contributed by atoms with E-state index in [-0.39, 0.29) is 5.69 Å². The van der Waals surface area contributed by atoms with Crippen LogP contribution in [0.4, 0.5) is 33.3 Å². The summed E-state index contributed by atoms with van der Waals surface area (Å²) in [4.78, 5) is 11.7. The van der Waals surface area contributed by atoms with Gasteiger partial charge in [0.15, 0.2) is 0 Å². The SMILES string of the molecule is O=C(CNc1c(F)cccc1F)Nc1ccc(OC(F)(F)F)cc1. The molecule has 0 atom stereocenters. The summed E-state index contributed by atoms with van der Waals surface area (Å²) < 4.78 is 66.5. The van der Waals surface area contributed by atoms with E-state index in [0.29, 0.717) is 0 Å². The van der Waals surface area contributed by atoms with E-state index in [2.05, 4.69) is 15.4 Å². The van der Waals surface area contributed by atoms with Crippen LogP contribution in [-0.4, -0.2) is 18.8 Å². The summed E-state index contributed by atoms with van der Waals surface area (Å²) in [6, 6.07) is 7.68. The average Bonchev–Trinajstić information content (AvgIpc) is 2.47. The maximum atomic E-state index is 13.4. The Morgan fingerprint density at radius 1 is 1.00 bits per heavy atom. The Morgan fingerprint density at radius 3 is 2.12 bits per heavy atom. The summed E-state index contributed by atoms with van der Waals surface area (Å²) in [6.07, 6.45) is -4.81. The van der Waals surface area contributed by atoms with E-state index >= 15 is 0 Å². The lowest BCUT2D eigenvalue weighted by Crippen LogP contribution is -2.22. The number of carbonyl (C=O) groups is 1. The van der Waals surface area contributed by atoms with E-state index in [4.69, 9.17) is 0 Å². The highest BCUT2D eigenvalue weighted by Gasteiger charge is 2.30. The number of hydrogen-bond acceptors (Lipinski definition) is 3. The normalized spacial score (nSPS) is 11.0. The number of rotatable bonds is 5. The van der Waals surface area contributed by atoms with Crippen LogP contribution in [0.15, 0.2) is 42.5 Å². The van der Waals surface area contributed by atoms with E-state index in [9.17, 15) is 26.7 Å². The molecule has 0 aromatic heterocycles. The number of ether oxygens (including phenoxy) is 1. The maximum absolute atomic E-state index is 13.4. The Morgan fingerprint density at radius 2 is 1.58 bits per heavy atom. The molecule has 2 aromatic carbocycles. The Labute approximate surface area is 133 Å². The third-order valence-electron chi connectivity index (χ3n) is 2.76. The number of para-hydroxylation sites is 1. The number of anilines is 2. The molecule has 2 aromatic rings. The van der Waals surface area contributed by atoms with Gasteiger partial charge in [0.25, 0.3) is 0 Å². The van der Waals surface area contributed by atoms with Crippen molar-refractivity contribution in [2.45, 2.75) is 6.36 Å². The minimum absolute atomic E-state index is 0.199. The summed E-state index contributed by atoms with van der Waals surface area (Å²) in [5.74, 6) is -2.78. The molecule has 0 fully saturated rings. The topological polar surface area (TPSA) is 50.4 Å². The molecule has 0 aliphatic heterocycles. The van der Waals surface area contributed by atoms with Crippen molar-refractivity contribution in [3.8, 4) is 5.75 Å². The van der Waals surface area contributed by atoms with Crippen LogP contribution < -0.4 is 15.4 Å². The highest BCUT2D eigenvalue weighted by molar-refractivity contribution is 5.93. The van der Waals surface area contributed by atoms with Gasteiger partial charge in [-0.05, 0) is 36.4 Å². The Kier molecular flexibility index (Phi) is 5.22. The van der Waals surface area contributed by atoms with Gasteiger partial charge in [0.05, 0.1) is 6.54 Å². The predicted molar refractivity (Wildman–Crippen MR) is 76.6 cm³/mol. The molecule has 128 valence electrons. The minimum atomic E-state index is -4.81. The predicted octanol–water partition coefficient (Wildman–Crippen LogP) is 3.91. The fourth-order valence-electron chi connectivity index (χ4n) is 1.78. The number of halogens is 5. The first-order valence-corrected chi connectivity index (χ1v) is 6.58. The molecule has 1 amide bonds. The lowest BCUT2D eigenvalue weighted by Gasteiger charge is -2.11. The first-order chi connectivity index (χ1) is 11.2. The maximum Gasteiger partial charge on any atom is 0.573 e.